The van der Waals surface area contributed by atoms with E-state index < -0.39 is 0 Å². The standard InChI is InChI=1S/C13H13N3S2/c1-16-8-11(6-15-16)14-7-12-5-10(9-18-12)13-3-2-4-17-13/h2-6,8-9,14H,7H2,1H3. The van der Waals surface area contributed by atoms with Gasteiger partial charge in [-0.05, 0) is 22.9 Å². The Morgan fingerprint density at radius 2 is 2.33 bits per heavy atom. The van der Waals surface area contributed by atoms with E-state index in [0.717, 1.165) is 12.2 Å². The molecule has 1 N–H and O–H groups in total. The van der Waals surface area contributed by atoms with Gasteiger partial charge in [0.1, 0.15) is 0 Å². The van der Waals surface area contributed by atoms with Crippen LogP contribution in [-0.4, -0.2) is 9.78 Å². The maximum absolute atomic E-state index is 4.13. The minimum absolute atomic E-state index is 0.849. The molecule has 5 heteroatoms. The first-order valence-corrected chi connectivity index (χ1v) is 7.41. The molecule has 0 saturated heterocycles. The summed E-state index contributed by atoms with van der Waals surface area (Å²) in [7, 11) is 1.92. The van der Waals surface area contributed by atoms with Crippen molar-refractivity contribution in [2.45, 2.75) is 6.54 Å². The molecule has 0 bridgehead atoms. The summed E-state index contributed by atoms with van der Waals surface area (Å²) in [5.41, 5.74) is 2.38. The van der Waals surface area contributed by atoms with Crippen molar-refractivity contribution < 1.29 is 0 Å². The Labute approximate surface area is 114 Å². The van der Waals surface area contributed by atoms with Crippen LogP contribution in [0.15, 0.2) is 41.4 Å². The van der Waals surface area contributed by atoms with Gasteiger partial charge in [0.25, 0.3) is 0 Å². The van der Waals surface area contributed by atoms with Crippen LogP contribution in [0.1, 0.15) is 4.88 Å². The molecule has 3 heterocycles. The second-order valence-corrected chi connectivity index (χ2v) is 5.98. The van der Waals surface area contributed by atoms with Gasteiger partial charge in [0.15, 0.2) is 0 Å². The van der Waals surface area contributed by atoms with Gasteiger partial charge in [-0.25, -0.2) is 0 Å². The number of anilines is 1. The van der Waals surface area contributed by atoms with Crippen molar-refractivity contribution in [1.82, 2.24) is 9.78 Å². The summed E-state index contributed by atoms with van der Waals surface area (Å²) in [6, 6.07) is 6.50. The van der Waals surface area contributed by atoms with E-state index in [0.29, 0.717) is 0 Å². The summed E-state index contributed by atoms with van der Waals surface area (Å²) in [6.07, 6.45) is 3.82. The van der Waals surface area contributed by atoms with Gasteiger partial charge in [0.05, 0.1) is 11.9 Å². The molecule has 0 aliphatic carbocycles. The van der Waals surface area contributed by atoms with Gasteiger partial charge < -0.3 is 5.32 Å². The quantitative estimate of drug-likeness (QED) is 0.784. The molecule has 3 rings (SSSR count). The molecule has 3 aromatic heterocycles. The molecule has 0 unspecified atom stereocenters. The fourth-order valence-corrected chi connectivity index (χ4v) is 3.36. The Kier molecular flexibility index (Phi) is 3.17. The Balaban J connectivity index is 1.67. The van der Waals surface area contributed by atoms with Crippen LogP contribution >= 0.6 is 22.7 Å². The van der Waals surface area contributed by atoms with Crippen LogP contribution in [-0.2, 0) is 13.6 Å². The second-order valence-electron chi connectivity index (χ2n) is 4.04. The van der Waals surface area contributed by atoms with Crippen molar-refractivity contribution in [3.8, 4) is 10.4 Å². The van der Waals surface area contributed by atoms with Gasteiger partial charge in [-0.3, -0.25) is 4.68 Å². The lowest BCUT2D eigenvalue weighted by atomic mass is 10.2. The topological polar surface area (TPSA) is 29.9 Å². The van der Waals surface area contributed by atoms with Crippen LogP contribution in [0.25, 0.3) is 10.4 Å². The molecule has 0 fully saturated rings. The first-order chi connectivity index (χ1) is 8.81. The van der Waals surface area contributed by atoms with E-state index in [9.17, 15) is 0 Å². The highest BCUT2D eigenvalue weighted by Crippen LogP contribution is 2.29. The fraction of sp³-hybridized carbons (Fsp3) is 0.154. The zero-order valence-electron chi connectivity index (χ0n) is 9.96. The van der Waals surface area contributed by atoms with Gasteiger partial charge >= 0.3 is 0 Å². The van der Waals surface area contributed by atoms with Crippen LogP contribution in [0.4, 0.5) is 5.69 Å². The molecule has 0 spiro atoms. The molecule has 0 radical (unpaired) electrons. The fourth-order valence-electron chi connectivity index (χ4n) is 1.75. The SMILES string of the molecule is Cn1cc(NCc2cc(-c3cccs3)cs2)cn1. The maximum Gasteiger partial charge on any atom is 0.0729 e. The van der Waals surface area contributed by atoms with E-state index in [-0.39, 0.29) is 0 Å². The van der Waals surface area contributed by atoms with Crippen LogP contribution in [0.3, 0.4) is 0 Å². The van der Waals surface area contributed by atoms with Crippen LogP contribution in [0.2, 0.25) is 0 Å². The average Bonchev–Trinajstić information content (AvgIpc) is 3.07. The van der Waals surface area contributed by atoms with Crippen molar-refractivity contribution in [1.29, 1.82) is 0 Å². The minimum atomic E-state index is 0.849. The van der Waals surface area contributed by atoms with Crippen molar-refractivity contribution in [2.24, 2.45) is 7.05 Å². The number of aromatic nitrogens is 2. The maximum atomic E-state index is 4.13. The Morgan fingerprint density at radius 1 is 1.39 bits per heavy atom. The lowest BCUT2D eigenvalue weighted by molar-refractivity contribution is 0.768. The smallest absolute Gasteiger partial charge is 0.0729 e. The molecule has 0 amide bonds. The Hall–Kier alpha value is -1.59. The van der Waals surface area contributed by atoms with Crippen LogP contribution < -0.4 is 5.32 Å². The van der Waals surface area contributed by atoms with Crippen molar-refractivity contribution in [3.63, 3.8) is 0 Å². The Bertz CT molecular complexity index is 622. The summed E-state index contributed by atoms with van der Waals surface area (Å²) < 4.78 is 1.80. The highest BCUT2D eigenvalue weighted by Gasteiger charge is 2.03. The van der Waals surface area contributed by atoms with Crippen LogP contribution in [0.5, 0.6) is 0 Å². The summed E-state index contributed by atoms with van der Waals surface area (Å²) in [6.45, 7) is 0.849. The summed E-state index contributed by atoms with van der Waals surface area (Å²) in [5, 5.41) is 11.8. The zero-order valence-corrected chi connectivity index (χ0v) is 11.6. The number of hydrogen-bond acceptors (Lipinski definition) is 4. The molecule has 0 saturated carbocycles. The van der Waals surface area contributed by atoms with E-state index in [1.807, 2.05) is 19.4 Å². The molecule has 0 aliphatic rings. The lowest BCUT2D eigenvalue weighted by Crippen LogP contribution is -1.95. The molecule has 0 aromatic carbocycles. The van der Waals surface area contributed by atoms with Gasteiger partial charge in [0.2, 0.25) is 0 Å². The third-order valence-electron chi connectivity index (χ3n) is 2.63. The van der Waals surface area contributed by atoms with E-state index >= 15 is 0 Å². The zero-order chi connectivity index (χ0) is 12.4. The number of hydrogen-bond donors (Lipinski definition) is 1. The summed E-state index contributed by atoms with van der Waals surface area (Å²) >= 11 is 3.57. The summed E-state index contributed by atoms with van der Waals surface area (Å²) in [5.74, 6) is 0. The molecule has 3 nitrogen and oxygen atoms in total. The number of aryl methyl sites for hydroxylation is 1. The molecule has 18 heavy (non-hydrogen) atoms. The monoisotopic (exact) mass is 275 g/mol. The van der Waals surface area contributed by atoms with Crippen LogP contribution in [0, 0.1) is 0 Å². The predicted octanol–water partition coefficient (Wildman–Crippen LogP) is 3.82. The number of thiophene rings is 2. The van der Waals surface area contributed by atoms with E-state index in [2.05, 4.69) is 39.4 Å². The molecule has 3 aromatic rings. The number of nitrogens with one attached hydrogen (secondary N) is 1. The number of nitrogens with zero attached hydrogens (tertiary/aromatic N) is 2. The van der Waals surface area contributed by atoms with Crippen molar-refractivity contribution in [3.05, 3.63) is 46.2 Å². The first-order valence-electron chi connectivity index (χ1n) is 5.65. The second kappa shape index (κ2) is 4.96. The predicted molar refractivity (Wildman–Crippen MR) is 78.2 cm³/mol. The van der Waals surface area contributed by atoms with E-state index in [1.165, 1.54) is 15.3 Å². The van der Waals surface area contributed by atoms with Gasteiger partial charge in [-0.15, -0.1) is 22.7 Å². The largest absolute Gasteiger partial charge is 0.378 e. The lowest BCUT2D eigenvalue weighted by Gasteiger charge is -1.99. The molecular formula is C13H13N3S2. The highest BCUT2D eigenvalue weighted by atomic mass is 32.1. The van der Waals surface area contributed by atoms with Gasteiger partial charge in [0, 0.05) is 35.1 Å². The minimum Gasteiger partial charge on any atom is -0.378 e. The normalized spacial score (nSPS) is 10.7. The first kappa shape index (κ1) is 11.5. The summed E-state index contributed by atoms with van der Waals surface area (Å²) in [4.78, 5) is 2.67. The number of rotatable bonds is 4. The third-order valence-corrected chi connectivity index (χ3v) is 4.49. The van der Waals surface area contributed by atoms with Gasteiger partial charge in [-0.2, -0.15) is 5.10 Å². The molecule has 92 valence electrons. The van der Waals surface area contributed by atoms with E-state index in [4.69, 9.17) is 0 Å². The average molecular weight is 275 g/mol. The third kappa shape index (κ3) is 2.47. The van der Waals surface area contributed by atoms with Crippen molar-refractivity contribution in [2.75, 3.05) is 5.32 Å². The van der Waals surface area contributed by atoms with Crippen molar-refractivity contribution >= 4 is 28.4 Å². The molecular weight excluding hydrogens is 262 g/mol. The van der Waals surface area contributed by atoms with E-state index in [1.54, 1.807) is 27.4 Å². The molecule has 0 atom stereocenters. The Morgan fingerprint density at radius 3 is 3.06 bits per heavy atom. The molecule has 0 aliphatic heterocycles. The highest BCUT2D eigenvalue weighted by molar-refractivity contribution is 7.14. The van der Waals surface area contributed by atoms with Gasteiger partial charge in [-0.1, -0.05) is 6.07 Å².